The highest BCUT2D eigenvalue weighted by molar-refractivity contribution is 9.11. The first-order chi connectivity index (χ1) is 10.5. The van der Waals surface area contributed by atoms with E-state index in [-0.39, 0.29) is 22.5 Å². The Morgan fingerprint density at radius 1 is 1.23 bits per heavy atom. The molecule has 1 aromatic carbocycles. The van der Waals surface area contributed by atoms with E-state index in [0.717, 1.165) is 4.47 Å². The van der Waals surface area contributed by atoms with Crippen molar-refractivity contribution in [1.29, 1.82) is 0 Å². The number of benzene rings is 1. The van der Waals surface area contributed by atoms with Gasteiger partial charge in [0.1, 0.15) is 11.4 Å². The highest BCUT2D eigenvalue weighted by atomic mass is 79.9. The number of aromatic hydroxyl groups is 1. The molecule has 0 aliphatic carbocycles. The fourth-order valence-corrected chi connectivity index (χ4v) is 3.31. The smallest absolute Gasteiger partial charge is 0.193 e. The molecule has 6 heteroatoms. The van der Waals surface area contributed by atoms with Gasteiger partial charge in [0.2, 0.25) is 0 Å². The normalized spacial score (nSPS) is 10.6. The summed E-state index contributed by atoms with van der Waals surface area (Å²) in [4.78, 5) is 16.3. The molecule has 0 aliphatic rings. The van der Waals surface area contributed by atoms with Crippen molar-refractivity contribution in [3.05, 3.63) is 55.2 Å². The molecule has 2 aromatic heterocycles. The van der Waals surface area contributed by atoms with Crippen molar-refractivity contribution in [3.63, 3.8) is 0 Å². The third-order valence-electron chi connectivity index (χ3n) is 3.04. The number of halogens is 2. The molecule has 3 aromatic rings. The Bertz CT molecular complexity index is 1000. The number of rotatable bonds is 1. The monoisotopic (exact) mass is 419 g/mol. The summed E-state index contributed by atoms with van der Waals surface area (Å²) in [7, 11) is 0. The lowest BCUT2D eigenvalue weighted by Crippen LogP contribution is -2.01. The lowest BCUT2D eigenvalue weighted by atomic mass is 10.1. The van der Waals surface area contributed by atoms with E-state index in [1.54, 1.807) is 12.1 Å². The molecular formula is C16H7Br2NO3. The van der Waals surface area contributed by atoms with Crippen molar-refractivity contribution >= 4 is 42.8 Å². The number of hydrogen-bond acceptors (Lipinski definition) is 4. The average Bonchev–Trinajstić information content (AvgIpc) is 2.48. The van der Waals surface area contributed by atoms with Gasteiger partial charge in [0.15, 0.2) is 16.8 Å². The number of terminal acetylenes is 1. The highest BCUT2D eigenvalue weighted by Gasteiger charge is 2.12. The fraction of sp³-hybridized carbons (Fsp3) is 0. The molecule has 22 heavy (non-hydrogen) atoms. The number of aromatic nitrogens is 1. The molecule has 0 saturated carbocycles. The molecule has 0 spiro atoms. The molecule has 0 saturated heterocycles. The van der Waals surface area contributed by atoms with Crippen LogP contribution >= 0.6 is 31.9 Å². The van der Waals surface area contributed by atoms with E-state index in [2.05, 4.69) is 42.8 Å². The number of fused-ring (bicyclic) bond motifs is 1. The molecule has 0 unspecified atom stereocenters. The van der Waals surface area contributed by atoms with Gasteiger partial charge in [-0.05, 0) is 34.1 Å². The topological polar surface area (TPSA) is 63.3 Å². The van der Waals surface area contributed by atoms with Crippen LogP contribution in [0.5, 0.6) is 5.75 Å². The van der Waals surface area contributed by atoms with Gasteiger partial charge in [-0.15, -0.1) is 6.42 Å². The third kappa shape index (κ3) is 2.54. The summed E-state index contributed by atoms with van der Waals surface area (Å²) >= 11 is 6.71. The largest absolute Gasteiger partial charge is 0.505 e. The molecule has 0 radical (unpaired) electrons. The van der Waals surface area contributed by atoms with Crippen molar-refractivity contribution in [3.8, 4) is 29.5 Å². The minimum Gasteiger partial charge on any atom is -0.505 e. The van der Waals surface area contributed by atoms with Crippen molar-refractivity contribution in [2.24, 2.45) is 0 Å². The predicted molar refractivity (Wildman–Crippen MR) is 90.7 cm³/mol. The number of hydrogen-bond donors (Lipinski definition) is 1. The molecule has 3 rings (SSSR count). The van der Waals surface area contributed by atoms with Gasteiger partial charge in [0.25, 0.3) is 0 Å². The number of nitrogens with zero attached hydrogens (tertiary/aromatic N) is 1. The zero-order valence-corrected chi connectivity index (χ0v) is 14.1. The first-order valence-corrected chi connectivity index (χ1v) is 7.67. The van der Waals surface area contributed by atoms with Gasteiger partial charge in [-0.1, -0.05) is 21.9 Å². The van der Waals surface area contributed by atoms with E-state index < -0.39 is 0 Å². The molecule has 0 bridgehead atoms. The Balaban J connectivity index is 2.30. The van der Waals surface area contributed by atoms with Crippen molar-refractivity contribution in [1.82, 2.24) is 4.98 Å². The maximum absolute atomic E-state index is 12.3. The summed E-state index contributed by atoms with van der Waals surface area (Å²) in [5.41, 5.74) is 0.875. The fourth-order valence-electron chi connectivity index (χ4n) is 2.01. The van der Waals surface area contributed by atoms with Crippen molar-refractivity contribution in [2.75, 3.05) is 0 Å². The maximum atomic E-state index is 12.3. The average molecular weight is 421 g/mol. The minimum atomic E-state index is -0.199. The van der Waals surface area contributed by atoms with Crippen LogP contribution in [0.15, 0.2) is 48.6 Å². The number of pyridine rings is 1. The second-order valence-corrected chi connectivity index (χ2v) is 6.24. The van der Waals surface area contributed by atoms with Gasteiger partial charge in [0.05, 0.1) is 21.6 Å². The van der Waals surface area contributed by atoms with Gasteiger partial charge in [-0.2, -0.15) is 0 Å². The first kappa shape index (κ1) is 14.8. The van der Waals surface area contributed by atoms with Crippen LogP contribution in [-0.2, 0) is 0 Å². The van der Waals surface area contributed by atoms with E-state index in [9.17, 15) is 9.90 Å². The highest BCUT2D eigenvalue weighted by Crippen LogP contribution is 2.30. The van der Waals surface area contributed by atoms with Crippen LogP contribution in [-0.4, -0.2) is 10.1 Å². The van der Waals surface area contributed by atoms with Crippen LogP contribution in [0.1, 0.15) is 5.56 Å². The summed E-state index contributed by atoms with van der Waals surface area (Å²) < 4.78 is 7.19. The third-order valence-corrected chi connectivity index (χ3v) is 4.09. The molecular weight excluding hydrogens is 414 g/mol. The summed E-state index contributed by atoms with van der Waals surface area (Å²) in [5.74, 6) is 2.53. The van der Waals surface area contributed by atoms with Crippen molar-refractivity contribution < 1.29 is 9.52 Å². The van der Waals surface area contributed by atoms with Crippen LogP contribution in [0.3, 0.4) is 0 Å². The van der Waals surface area contributed by atoms with Crippen LogP contribution in [0.4, 0.5) is 0 Å². The summed E-state index contributed by atoms with van der Waals surface area (Å²) in [6.45, 7) is 0. The van der Waals surface area contributed by atoms with Gasteiger partial charge >= 0.3 is 0 Å². The molecule has 1 N–H and O–H groups in total. The molecule has 0 aliphatic heterocycles. The van der Waals surface area contributed by atoms with Gasteiger partial charge in [-0.3, -0.25) is 4.79 Å². The second kappa shape index (κ2) is 5.59. The van der Waals surface area contributed by atoms with Gasteiger partial charge < -0.3 is 9.52 Å². The summed E-state index contributed by atoms with van der Waals surface area (Å²) in [6.07, 6.45) is 6.54. The van der Waals surface area contributed by atoms with Gasteiger partial charge in [0, 0.05) is 10.5 Å². The summed E-state index contributed by atoms with van der Waals surface area (Å²) in [6, 6.07) is 6.31. The second-order valence-electron chi connectivity index (χ2n) is 4.47. The van der Waals surface area contributed by atoms with E-state index >= 15 is 0 Å². The van der Waals surface area contributed by atoms with E-state index in [4.69, 9.17) is 10.8 Å². The lowest BCUT2D eigenvalue weighted by molar-refractivity contribution is 0.471. The molecule has 0 amide bonds. The zero-order valence-electron chi connectivity index (χ0n) is 10.9. The maximum Gasteiger partial charge on any atom is 0.193 e. The Labute approximate surface area is 142 Å². The van der Waals surface area contributed by atoms with Gasteiger partial charge in [-0.25, -0.2) is 4.98 Å². The first-order valence-electron chi connectivity index (χ1n) is 6.08. The van der Waals surface area contributed by atoms with E-state index in [1.807, 2.05) is 0 Å². The van der Waals surface area contributed by atoms with Crippen LogP contribution < -0.4 is 5.43 Å². The molecule has 0 atom stereocenters. The minimum absolute atomic E-state index is 0.0977. The van der Waals surface area contributed by atoms with E-state index in [0.29, 0.717) is 21.1 Å². The molecule has 108 valence electrons. The van der Waals surface area contributed by atoms with Crippen LogP contribution in [0, 0.1) is 12.3 Å². The Morgan fingerprint density at radius 2 is 2.00 bits per heavy atom. The molecule has 4 nitrogen and oxygen atoms in total. The molecule has 2 heterocycles. The van der Waals surface area contributed by atoms with Crippen LogP contribution in [0.2, 0.25) is 0 Å². The zero-order chi connectivity index (χ0) is 15.9. The molecule has 0 fully saturated rings. The predicted octanol–water partition coefficient (Wildman–Crippen LogP) is 4.07. The Kier molecular flexibility index (Phi) is 3.77. The Hall–Kier alpha value is -2.10. The van der Waals surface area contributed by atoms with Crippen LogP contribution in [0.25, 0.3) is 22.4 Å². The SMILES string of the molecule is C#Cc1cc(-c2cc(=O)c3cc(Br)cc(Br)c3o2)ncc1O. The lowest BCUT2D eigenvalue weighted by Gasteiger charge is -2.06. The quantitative estimate of drug-likeness (QED) is 0.603. The standard InChI is InChI=1S/C16H7Br2NO3/c1-2-8-3-12(19-7-14(8)21)15-6-13(20)10-4-9(17)5-11(18)16(10)22-15/h1,3-7,21H. The van der Waals surface area contributed by atoms with E-state index in [1.165, 1.54) is 18.3 Å². The van der Waals surface area contributed by atoms with Crippen molar-refractivity contribution in [2.45, 2.75) is 0 Å². The summed E-state index contributed by atoms with van der Waals surface area (Å²) in [5, 5.41) is 10.0. The Morgan fingerprint density at radius 3 is 2.73 bits per heavy atom.